The predicted molar refractivity (Wildman–Crippen MR) is 123 cm³/mol. The van der Waals surface area contributed by atoms with E-state index < -0.39 is 11.5 Å². The van der Waals surface area contributed by atoms with Gasteiger partial charge >= 0.3 is 5.63 Å². The minimum Gasteiger partial charge on any atom is -0.492 e. The van der Waals surface area contributed by atoms with Crippen LogP contribution in [-0.4, -0.2) is 27.3 Å². The Bertz CT molecular complexity index is 1530. The molecule has 0 saturated carbocycles. The standard InChI is InChI=1S/C23H18N4O4S/c1-3-30-17-9-6-10-18-20(17)25-23(32-18)27-19(11-13(2)26-27)24-21(28)15-12-14-7-4-5-8-16(14)31-22(15)29/h4-12H,3H2,1-2H3,(H,24,28). The molecular weight excluding hydrogens is 428 g/mol. The molecule has 8 nitrogen and oxygen atoms in total. The van der Waals surface area contributed by atoms with Crippen LogP contribution in [0.1, 0.15) is 23.0 Å². The summed E-state index contributed by atoms with van der Waals surface area (Å²) in [4.78, 5) is 30.0. The summed E-state index contributed by atoms with van der Waals surface area (Å²) in [5, 5.41) is 8.49. The van der Waals surface area contributed by atoms with Gasteiger partial charge in [-0.3, -0.25) is 4.79 Å². The Labute approximate surface area is 186 Å². The Morgan fingerprint density at radius 2 is 2.03 bits per heavy atom. The van der Waals surface area contributed by atoms with Crippen molar-refractivity contribution < 1.29 is 13.9 Å². The van der Waals surface area contributed by atoms with Crippen molar-refractivity contribution in [3.63, 3.8) is 0 Å². The molecule has 2 aromatic carbocycles. The first-order valence-corrected chi connectivity index (χ1v) is 10.8. The van der Waals surface area contributed by atoms with Crippen molar-refractivity contribution in [2.24, 2.45) is 0 Å². The molecule has 0 unspecified atom stereocenters. The number of carbonyl (C=O) groups is 1. The molecule has 5 rings (SSSR count). The number of anilines is 1. The number of nitrogens with one attached hydrogen (secondary N) is 1. The third kappa shape index (κ3) is 3.52. The molecule has 5 aromatic rings. The first-order valence-electron chi connectivity index (χ1n) is 9.97. The van der Waals surface area contributed by atoms with Gasteiger partial charge in [0.25, 0.3) is 5.91 Å². The molecule has 9 heteroatoms. The Hall–Kier alpha value is -3.98. The molecular formula is C23H18N4O4S. The van der Waals surface area contributed by atoms with Crippen LogP contribution in [0.4, 0.5) is 5.82 Å². The Morgan fingerprint density at radius 3 is 2.88 bits per heavy atom. The van der Waals surface area contributed by atoms with Gasteiger partial charge in [-0.1, -0.05) is 35.6 Å². The number of nitrogens with zero attached hydrogens (tertiary/aromatic N) is 3. The molecule has 0 saturated heterocycles. The Kier molecular flexibility index (Phi) is 4.95. The van der Waals surface area contributed by atoms with E-state index in [2.05, 4.69) is 15.4 Å². The number of amides is 1. The predicted octanol–water partition coefficient (Wildman–Crippen LogP) is 4.55. The summed E-state index contributed by atoms with van der Waals surface area (Å²) in [6, 6.07) is 16.0. The smallest absolute Gasteiger partial charge is 0.349 e. The lowest BCUT2D eigenvalue weighted by atomic mass is 10.2. The molecule has 0 spiro atoms. The molecule has 0 radical (unpaired) electrons. The zero-order valence-corrected chi connectivity index (χ0v) is 18.1. The van der Waals surface area contributed by atoms with E-state index in [0.717, 1.165) is 10.2 Å². The van der Waals surface area contributed by atoms with Crippen molar-refractivity contribution in [1.82, 2.24) is 14.8 Å². The second-order valence-corrected chi connectivity index (χ2v) is 8.06. The Morgan fingerprint density at radius 1 is 1.19 bits per heavy atom. The van der Waals surface area contributed by atoms with Crippen LogP contribution in [-0.2, 0) is 0 Å². The second-order valence-electron chi connectivity index (χ2n) is 7.05. The number of hydrogen-bond donors (Lipinski definition) is 1. The van der Waals surface area contributed by atoms with E-state index in [1.807, 2.05) is 38.1 Å². The average Bonchev–Trinajstić information content (AvgIpc) is 3.37. The SMILES string of the molecule is CCOc1cccc2sc(-n3nc(C)cc3NC(=O)c3cc4ccccc4oc3=O)nc12. The summed E-state index contributed by atoms with van der Waals surface area (Å²) in [7, 11) is 0. The van der Waals surface area contributed by atoms with E-state index in [0.29, 0.717) is 40.0 Å². The van der Waals surface area contributed by atoms with Crippen molar-refractivity contribution in [1.29, 1.82) is 0 Å². The van der Waals surface area contributed by atoms with Crippen LogP contribution in [0.3, 0.4) is 0 Å². The van der Waals surface area contributed by atoms with Gasteiger partial charge in [0.1, 0.15) is 28.2 Å². The molecule has 0 aliphatic carbocycles. The molecule has 1 amide bonds. The van der Waals surface area contributed by atoms with Gasteiger partial charge in [-0.2, -0.15) is 9.78 Å². The fourth-order valence-corrected chi connectivity index (χ4v) is 4.36. The zero-order valence-electron chi connectivity index (χ0n) is 17.3. The average molecular weight is 446 g/mol. The molecule has 0 bridgehead atoms. The summed E-state index contributed by atoms with van der Waals surface area (Å²) < 4.78 is 13.4. The molecule has 0 aliphatic rings. The second kappa shape index (κ2) is 7.93. The van der Waals surface area contributed by atoms with Crippen LogP contribution in [0.5, 0.6) is 5.75 Å². The number of rotatable bonds is 5. The highest BCUT2D eigenvalue weighted by atomic mass is 32.1. The third-order valence-electron chi connectivity index (χ3n) is 4.81. The summed E-state index contributed by atoms with van der Waals surface area (Å²) in [6.07, 6.45) is 0. The van der Waals surface area contributed by atoms with E-state index in [-0.39, 0.29) is 5.56 Å². The van der Waals surface area contributed by atoms with Gasteiger partial charge in [-0.25, -0.2) is 9.78 Å². The largest absolute Gasteiger partial charge is 0.492 e. The number of para-hydroxylation sites is 2. The molecule has 1 N–H and O–H groups in total. The van der Waals surface area contributed by atoms with Gasteiger partial charge in [0.05, 0.1) is 17.0 Å². The number of carbonyl (C=O) groups excluding carboxylic acids is 1. The Balaban J connectivity index is 1.53. The maximum atomic E-state index is 12.9. The zero-order chi connectivity index (χ0) is 22.2. The van der Waals surface area contributed by atoms with Crippen molar-refractivity contribution in [2.75, 3.05) is 11.9 Å². The molecule has 32 heavy (non-hydrogen) atoms. The quantitative estimate of drug-likeness (QED) is 0.398. The topological polar surface area (TPSA) is 99.2 Å². The molecule has 3 heterocycles. The summed E-state index contributed by atoms with van der Waals surface area (Å²) >= 11 is 1.42. The van der Waals surface area contributed by atoms with E-state index in [4.69, 9.17) is 9.15 Å². The van der Waals surface area contributed by atoms with Gasteiger partial charge in [0.2, 0.25) is 5.13 Å². The maximum absolute atomic E-state index is 12.9. The lowest BCUT2D eigenvalue weighted by Crippen LogP contribution is -2.22. The summed E-state index contributed by atoms with van der Waals surface area (Å²) in [6.45, 7) is 4.26. The van der Waals surface area contributed by atoms with Crippen molar-refractivity contribution in [3.8, 4) is 10.9 Å². The van der Waals surface area contributed by atoms with E-state index in [9.17, 15) is 9.59 Å². The highest BCUT2D eigenvalue weighted by Crippen LogP contribution is 2.32. The number of aryl methyl sites for hydroxylation is 1. The van der Waals surface area contributed by atoms with Crippen molar-refractivity contribution in [3.05, 3.63) is 76.3 Å². The molecule has 160 valence electrons. The van der Waals surface area contributed by atoms with Gasteiger partial charge in [-0.05, 0) is 38.1 Å². The fourth-order valence-electron chi connectivity index (χ4n) is 3.41. The number of ether oxygens (including phenoxy) is 1. The van der Waals surface area contributed by atoms with Crippen LogP contribution < -0.4 is 15.7 Å². The van der Waals surface area contributed by atoms with Gasteiger partial charge in [0.15, 0.2) is 0 Å². The number of benzene rings is 2. The van der Waals surface area contributed by atoms with Gasteiger partial charge in [-0.15, -0.1) is 0 Å². The normalized spacial score (nSPS) is 11.2. The minimum atomic E-state index is -0.703. The van der Waals surface area contributed by atoms with Crippen LogP contribution >= 0.6 is 11.3 Å². The van der Waals surface area contributed by atoms with E-state index in [1.54, 1.807) is 28.9 Å². The lowest BCUT2D eigenvalue weighted by Gasteiger charge is -2.06. The summed E-state index contributed by atoms with van der Waals surface area (Å²) in [5.74, 6) is 0.509. The molecule has 0 atom stereocenters. The third-order valence-corrected chi connectivity index (χ3v) is 5.81. The van der Waals surface area contributed by atoms with Crippen LogP contribution in [0.25, 0.3) is 26.3 Å². The van der Waals surface area contributed by atoms with Crippen LogP contribution in [0.15, 0.2) is 63.8 Å². The first kappa shape index (κ1) is 20.0. The molecule has 0 aliphatic heterocycles. The first-order chi connectivity index (χ1) is 15.5. The number of aromatic nitrogens is 3. The minimum absolute atomic E-state index is 0.0861. The number of fused-ring (bicyclic) bond motifs is 2. The number of hydrogen-bond acceptors (Lipinski definition) is 7. The monoisotopic (exact) mass is 446 g/mol. The number of thiazole rings is 1. The van der Waals surface area contributed by atoms with Crippen LogP contribution in [0.2, 0.25) is 0 Å². The highest BCUT2D eigenvalue weighted by Gasteiger charge is 2.19. The van der Waals surface area contributed by atoms with E-state index >= 15 is 0 Å². The lowest BCUT2D eigenvalue weighted by molar-refractivity contribution is 0.102. The van der Waals surface area contributed by atoms with Gasteiger partial charge < -0.3 is 14.5 Å². The van der Waals surface area contributed by atoms with E-state index in [1.165, 1.54) is 17.4 Å². The summed E-state index contributed by atoms with van der Waals surface area (Å²) in [5.41, 5.74) is 1.06. The fraction of sp³-hybridized carbons (Fsp3) is 0.130. The highest BCUT2D eigenvalue weighted by molar-refractivity contribution is 7.20. The maximum Gasteiger partial charge on any atom is 0.349 e. The molecule has 0 fully saturated rings. The molecule has 3 aromatic heterocycles. The van der Waals surface area contributed by atoms with Crippen LogP contribution in [0, 0.1) is 6.92 Å². The van der Waals surface area contributed by atoms with Crippen molar-refractivity contribution in [2.45, 2.75) is 13.8 Å². The van der Waals surface area contributed by atoms with Gasteiger partial charge in [0, 0.05) is 11.5 Å². The van der Waals surface area contributed by atoms with Crippen molar-refractivity contribution >= 4 is 44.2 Å².